The van der Waals surface area contributed by atoms with Crippen molar-refractivity contribution < 1.29 is 14.3 Å². The summed E-state index contributed by atoms with van der Waals surface area (Å²) in [4.78, 5) is 17.0. The van der Waals surface area contributed by atoms with E-state index in [-0.39, 0.29) is 5.91 Å². The Hall–Kier alpha value is -2.03. The molecule has 0 aliphatic carbocycles. The van der Waals surface area contributed by atoms with Crippen LogP contribution in [0.25, 0.3) is 5.65 Å². The van der Waals surface area contributed by atoms with Crippen LogP contribution in [0.15, 0.2) is 18.3 Å². The van der Waals surface area contributed by atoms with Crippen molar-refractivity contribution in [2.45, 2.75) is 12.3 Å². The first-order valence-electron chi connectivity index (χ1n) is 9.19. The summed E-state index contributed by atoms with van der Waals surface area (Å²) in [5.74, 6) is 1.31. The Morgan fingerprint density at radius 3 is 2.92 bits per heavy atom. The monoisotopic (exact) mass is 359 g/mol. The van der Waals surface area contributed by atoms with Crippen LogP contribution in [0.2, 0.25) is 0 Å². The Bertz CT molecular complexity index is 771. The highest BCUT2D eigenvalue weighted by atomic mass is 16.5. The van der Waals surface area contributed by atoms with E-state index in [2.05, 4.69) is 15.1 Å². The molecule has 0 saturated carbocycles. The largest absolute Gasteiger partial charge is 0.383 e. The number of carbonyl (C=O) groups excluding carboxylic acids is 1. The SMILES string of the molecule is COCCN1CCC(c2nnc3ccc(C(=O)N4CCOCC4)cn23)C1. The molecule has 0 spiro atoms. The lowest BCUT2D eigenvalue weighted by Crippen LogP contribution is -2.40. The van der Waals surface area contributed by atoms with Gasteiger partial charge in [-0.1, -0.05) is 0 Å². The number of fused-ring (bicyclic) bond motifs is 1. The number of ether oxygens (including phenoxy) is 2. The van der Waals surface area contributed by atoms with Gasteiger partial charge in [-0.05, 0) is 25.1 Å². The molecular weight excluding hydrogens is 334 g/mol. The fraction of sp³-hybridized carbons (Fsp3) is 0.611. The number of amides is 1. The van der Waals surface area contributed by atoms with Gasteiger partial charge in [0.05, 0.1) is 25.4 Å². The molecule has 0 N–H and O–H groups in total. The molecule has 2 saturated heterocycles. The van der Waals surface area contributed by atoms with Gasteiger partial charge in [-0.15, -0.1) is 10.2 Å². The third-order valence-electron chi connectivity index (χ3n) is 5.22. The van der Waals surface area contributed by atoms with E-state index < -0.39 is 0 Å². The van der Waals surface area contributed by atoms with E-state index in [4.69, 9.17) is 9.47 Å². The zero-order valence-corrected chi connectivity index (χ0v) is 15.1. The van der Waals surface area contributed by atoms with Gasteiger partial charge in [0.2, 0.25) is 0 Å². The predicted octanol–water partition coefficient (Wildman–Crippen LogP) is 0.637. The second-order valence-electron chi connectivity index (χ2n) is 6.89. The Morgan fingerprint density at radius 1 is 1.27 bits per heavy atom. The molecule has 1 amide bonds. The predicted molar refractivity (Wildman–Crippen MR) is 95.4 cm³/mol. The van der Waals surface area contributed by atoms with Crippen LogP contribution in [-0.4, -0.2) is 90.0 Å². The molecule has 2 aromatic rings. The van der Waals surface area contributed by atoms with Gasteiger partial charge in [-0.3, -0.25) is 9.20 Å². The summed E-state index contributed by atoms with van der Waals surface area (Å²) < 4.78 is 12.5. The minimum atomic E-state index is 0.0444. The average Bonchev–Trinajstić information content (AvgIpc) is 3.32. The fourth-order valence-corrected chi connectivity index (χ4v) is 3.73. The van der Waals surface area contributed by atoms with E-state index in [0.29, 0.717) is 37.8 Å². The first-order chi connectivity index (χ1) is 12.8. The number of hydrogen-bond donors (Lipinski definition) is 0. The molecule has 140 valence electrons. The van der Waals surface area contributed by atoms with Gasteiger partial charge in [0.25, 0.3) is 5.91 Å². The molecular formula is C18H25N5O3. The zero-order chi connectivity index (χ0) is 17.9. The number of rotatable bonds is 5. The van der Waals surface area contributed by atoms with E-state index >= 15 is 0 Å². The summed E-state index contributed by atoms with van der Waals surface area (Å²) in [6.07, 6.45) is 2.94. The maximum atomic E-state index is 12.8. The smallest absolute Gasteiger partial charge is 0.255 e. The van der Waals surface area contributed by atoms with Crippen LogP contribution in [0, 0.1) is 0 Å². The number of pyridine rings is 1. The first-order valence-corrected chi connectivity index (χ1v) is 9.19. The molecule has 2 aliphatic heterocycles. The molecule has 2 aromatic heterocycles. The summed E-state index contributed by atoms with van der Waals surface area (Å²) in [5.41, 5.74) is 1.46. The minimum Gasteiger partial charge on any atom is -0.383 e. The number of methoxy groups -OCH3 is 1. The van der Waals surface area contributed by atoms with Gasteiger partial charge in [0.1, 0.15) is 5.82 Å². The van der Waals surface area contributed by atoms with Crippen molar-refractivity contribution >= 4 is 11.6 Å². The molecule has 4 rings (SSSR count). The van der Waals surface area contributed by atoms with Gasteiger partial charge in [0, 0.05) is 45.4 Å². The Labute approximate surface area is 152 Å². The second kappa shape index (κ2) is 7.69. The minimum absolute atomic E-state index is 0.0444. The van der Waals surface area contributed by atoms with Crippen molar-refractivity contribution in [3.63, 3.8) is 0 Å². The topological polar surface area (TPSA) is 72.2 Å². The summed E-state index contributed by atoms with van der Waals surface area (Å²) in [6.45, 7) is 6.15. The quantitative estimate of drug-likeness (QED) is 0.780. The Morgan fingerprint density at radius 2 is 2.12 bits per heavy atom. The summed E-state index contributed by atoms with van der Waals surface area (Å²) >= 11 is 0. The molecule has 0 bridgehead atoms. The number of hydrogen-bond acceptors (Lipinski definition) is 6. The van der Waals surface area contributed by atoms with E-state index in [1.807, 2.05) is 27.6 Å². The van der Waals surface area contributed by atoms with Crippen molar-refractivity contribution in [3.05, 3.63) is 29.7 Å². The maximum Gasteiger partial charge on any atom is 0.255 e. The van der Waals surface area contributed by atoms with Gasteiger partial charge in [-0.25, -0.2) is 0 Å². The van der Waals surface area contributed by atoms with E-state index in [0.717, 1.165) is 44.1 Å². The lowest BCUT2D eigenvalue weighted by molar-refractivity contribution is 0.0302. The van der Waals surface area contributed by atoms with E-state index in [9.17, 15) is 4.79 Å². The van der Waals surface area contributed by atoms with Crippen molar-refractivity contribution in [3.8, 4) is 0 Å². The molecule has 8 heteroatoms. The molecule has 4 heterocycles. The Kier molecular flexibility index (Phi) is 5.14. The van der Waals surface area contributed by atoms with Crippen LogP contribution in [-0.2, 0) is 9.47 Å². The number of likely N-dealkylation sites (tertiary alicyclic amines) is 1. The molecule has 1 unspecified atom stereocenters. The molecule has 26 heavy (non-hydrogen) atoms. The number of nitrogens with zero attached hydrogens (tertiary/aromatic N) is 5. The van der Waals surface area contributed by atoms with E-state index in [1.54, 1.807) is 7.11 Å². The van der Waals surface area contributed by atoms with Crippen LogP contribution in [0.3, 0.4) is 0 Å². The lowest BCUT2D eigenvalue weighted by Gasteiger charge is -2.26. The van der Waals surface area contributed by atoms with Crippen molar-refractivity contribution in [1.29, 1.82) is 0 Å². The van der Waals surface area contributed by atoms with Gasteiger partial charge in [-0.2, -0.15) is 0 Å². The molecule has 2 aliphatic rings. The summed E-state index contributed by atoms with van der Waals surface area (Å²) in [7, 11) is 1.73. The van der Waals surface area contributed by atoms with Gasteiger partial charge >= 0.3 is 0 Å². The maximum absolute atomic E-state index is 12.8. The Balaban J connectivity index is 1.54. The number of aromatic nitrogens is 3. The second-order valence-corrected chi connectivity index (χ2v) is 6.89. The van der Waals surface area contributed by atoms with Crippen molar-refractivity contribution in [2.24, 2.45) is 0 Å². The molecule has 8 nitrogen and oxygen atoms in total. The van der Waals surface area contributed by atoms with Gasteiger partial charge in [0.15, 0.2) is 5.65 Å². The molecule has 0 aromatic carbocycles. The third-order valence-corrected chi connectivity index (χ3v) is 5.22. The van der Waals surface area contributed by atoms with Crippen molar-refractivity contribution in [1.82, 2.24) is 24.4 Å². The first kappa shape index (κ1) is 17.4. The highest BCUT2D eigenvalue weighted by Crippen LogP contribution is 2.26. The van der Waals surface area contributed by atoms with Crippen LogP contribution in [0.5, 0.6) is 0 Å². The average molecular weight is 359 g/mol. The molecule has 2 fully saturated rings. The van der Waals surface area contributed by atoms with Crippen LogP contribution < -0.4 is 0 Å². The van der Waals surface area contributed by atoms with Crippen molar-refractivity contribution in [2.75, 3.05) is 59.7 Å². The highest BCUT2D eigenvalue weighted by Gasteiger charge is 2.28. The van der Waals surface area contributed by atoms with Crippen LogP contribution >= 0.6 is 0 Å². The molecule has 1 atom stereocenters. The fourth-order valence-electron chi connectivity index (χ4n) is 3.73. The standard InChI is InChI=1S/C18H25N5O3/c1-25-9-6-21-5-4-14(12-21)17-20-19-16-3-2-15(13-23(16)17)18(24)22-7-10-26-11-8-22/h2-3,13-14H,4-12H2,1H3. The number of morpholine rings is 1. The van der Waals surface area contributed by atoms with Crippen LogP contribution in [0.4, 0.5) is 0 Å². The normalized spacial score (nSPS) is 21.6. The lowest BCUT2D eigenvalue weighted by atomic mass is 10.1. The summed E-state index contributed by atoms with van der Waals surface area (Å²) in [6, 6.07) is 3.72. The number of carbonyl (C=O) groups is 1. The zero-order valence-electron chi connectivity index (χ0n) is 15.1. The van der Waals surface area contributed by atoms with E-state index in [1.165, 1.54) is 0 Å². The summed E-state index contributed by atoms with van der Waals surface area (Å²) in [5, 5.41) is 8.70. The van der Waals surface area contributed by atoms with Crippen LogP contribution in [0.1, 0.15) is 28.5 Å². The molecule has 0 radical (unpaired) electrons. The third kappa shape index (κ3) is 3.44. The van der Waals surface area contributed by atoms with Gasteiger partial charge < -0.3 is 19.3 Å². The highest BCUT2D eigenvalue weighted by molar-refractivity contribution is 5.94.